The van der Waals surface area contributed by atoms with Crippen LogP contribution >= 0.6 is 22.9 Å². The predicted octanol–water partition coefficient (Wildman–Crippen LogP) is 4.91. The molecule has 0 radical (unpaired) electrons. The summed E-state index contributed by atoms with van der Waals surface area (Å²) in [6.45, 7) is 1.85. The number of imide groups is 1. The lowest BCUT2D eigenvalue weighted by molar-refractivity contribution is -0.126. The molecule has 0 aliphatic carbocycles. The van der Waals surface area contributed by atoms with E-state index in [4.69, 9.17) is 16.4 Å². The highest BCUT2D eigenvalue weighted by Crippen LogP contribution is 2.50. The number of carbonyl (C=O) groups excluding carboxylic acids is 2. The van der Waals surface area contributed by atoms with Gasteiger partial charge in [-0.15, -0.1) is 0 Å². The fraction of sp³-hybridized carbons (Fsp3) is 0.148. The second-order valence-electron chi connectivity index (χ2n) is 8.65. The minimum Gasteiger partial charge on any atom is -0.273 e. The molecular weight excluding hydrogens is 498 g/mol. The maximum Gasteiger partial charge on any atom is 0.313 e. The average molecular weight is 518 g/mol. The number of aryl methyl sites for hydroxylation is 1. The highest BCUT2D eigenvalue weighted by Gasteiger charge is 2.61. The summed E-state index contributed by atoms with van der Waals surface area (Å²) in [6, 6.07) is 24.7. The zero-order valence-electron chi connectivity index (χ0n) is 19.1. The molecule has 3 heterocycles. The lowest BCUT2D eigenvalue weighted by Gasteiger charge is -2.28. The summed E-state index contributed by atoms with van der Waals surface area (Å²) in [7, 11) is 0. The first kappa shape index (κ1) is 22.7. The Labute approximate surface area is 215 Å². The van der Waals surface area contributed by atoms with Crippen molar-refractivity contribution in [3.63, 3.8) is 0 Å². The van der Waals surface area contributed by atoms with Crippen molar-refractivity contribution in [2.24, 2.45) is 5.92 Å². The quantitative estimate of drug-likeness (QED) is 0.360. The third-order valence-electron chi connectivity index (χ3n) is 6.54. The first-order valence-corrected chi connectivity index (χ1v) is 12.6. The van der Waals surface area contributed by atoms with E-state index in [1.165, 1.54) is 9.47 Å². The number of para-hydroxylation sites is 3. The number of fused-ring (bicyclic) bond motifs is 1. The number of anilines is 2. The number of rotatable bonds is 4. The highest BCUT2D eigenvalue weighted by atomic mass is 35.5. The molecule has 1 aromatic heterocycles. The highest BCUT2D eigenvalue weighted by molar-refractivity contribution is 7.10. The Morgan fingerprint density at radius 2 is 1.42 bits per heavy atom. The molecule has 2 aliphatic heterocycles. The molecule has 6 rings (SSSR count). The summed E-state index contributed by atoms with van der Waals surface area (Å²) in [5.74, 6) is -1.70. The SMILES string of the molecule is Cc1ccccc1N1C(=O)[C@@H]2[C@H](ON(c3ccccc3)[C@H]2c2sc(=O)n(-c3ccccc3)c2Cl)C1=O. The summed E-state index contributed by atoms with van der Waals surface area (Å²) >= 11 is 7.79. The average Bonchev–Trinajstić information content (AvgIpc) is 3.50. The molecule has 180 valence electrons. The number of aromatic nitrogens is 1. The second-order valence-corrected chi connectivity index (χ2v) is 10.0. The molecule has 2 saturated heterocycles. The minimum atomic E-state index is -1.04. The van der Waals surface area contributed by atoms with Crippen LogP contribution in [0.25, 0.3) is 5.69 Å². The van der Waals surface area contributed by atoms with Gasteiger partial charge >= 0.3 is 4.87 Å². The van der Waals surface area contributed by atoms with Crippen LogP contribution in [-0.4, -0.2) is 22.5 Å². The Bertz CT molecular complexity index is 1540. The molecule has 4 aromatic rings. The van der Waals surface area contributed by atoms with Crippen molar-refractivity contribution in [1.29, 1.82) is 0 Å². The van der Waals surface area contributed by atoms with Crippen molar-refractivity contribution in [2.75, 3.05) is 9.96 Å². The monoisotopic (exact) mass is 517 g/mol. The first-order chi connectivity index (χ1) is 17.5. The summed E-state index contributed by atoms with van der Waals surface area (Å²) in [5, 5.41) is 1.74. The second kappa shape index (κ2) is 8.74. The zero-order chi connectivity index (χ0) is 25.0. The summed E-state index contributed by atoms with van der Waals surface area (Å²) in [4.78, 5) is 48.1. The molecule has 36 heavy (non-hydrogen) atoms. The minimum absolute atomic E-state index is 0.195. The van der Waals surface area contributed by atoms with E-state index in [-0.39, 0.29) is 15.9 Å². The van der Waals surface area contributed by atoms with E-state index in [0.717, 1.165) is 16.9 Å². The molecular formula is C27H20ClN3O4S. The number of halogens is 1. The van der Waals surface area contributed by atoms with E-state index < -0.39 is 24.0 Å². The number of benzene rings is 3. The van der Waals surface area contributed by atoms with Crippen molar-refractivity contribution in [3.05, 3.63) is 110 Å². The Hall–Kier alpha value is -3.72. The van der Waals surface area contributed by atoms with Crippen molar-refractivity contribution in [1.82, 2.24) is 4.57 Å². The van der Waals surface area contributed by atoms with Gasteiger partial charge in [0, 0.05) is 0 Å². The van der Waals surface area contributed by atoms with Gasteiger partial charge < -0.3 is 0 Å². The Morgan fingerprint density at radius 3 is 2.08 bits per heavy atom. The lowest BCUT2D eigenvalue weighted by atomic mass is 9.95. The van der Waals surface area contributed by atoms with Crippen LogP contribution in [0, 0.1) is 12.8 Å². The maximum atomic E-state index is 13.9. The number of hydroxylamine groups is 1. The number of thiazole rings is 1. The number of nitrogens with zero attached hydrogens (tertiary/aromatic N) is 3. The third kappa shape index (κ3) is 3.41. The van der Waals surface area contributed by atoms with Crippen molar-refractivity contribution < 1.29 is 14.4 Å². The van der Waals surface area contributed by atoms with Gasteiger partial charge in [-0.2, -0.15) is 0 Å². The van der Waals surface area contributed by atoms with Crippen LogP contribution in [0.4, 0.5) is 11.4 Å². The molecule has 0 N–H and O–H groups in total. The summed E-state index contributed by atoms with van der Waals surface area (Å²) < 4.78 is 1.42. The zero-order valence-corrected chi connectivity index (χ0v) is 20.6. The maximum absolute atomic E-state index is 13.9. The molecule has 3 aromatic carbocycles. The topological polar surface area (TPSA) is 71.8 Å². The Balaban J connectivity index is 1.50. The van der Waals surface area contributed by atoms with E-state index in [2.05, 4.69) is 0 Å². The molecule has 2 aliphatic rings. The van der Waals surface area contributed by atoms with Gasteiger partial charge in [-0.05, 0) is 42.8 Å². The van der Waals surface area contributed by atoms with Crippen LogP contribution < -0.4 is 14.8 Å². The molecule has 9 heteroatoms. The van der Waals surface area contributed by atoms with E-state index >= 15 is 0 Å². The number of hydrogen-bond acceptors (Lipinski definition) is 6. The van der Waals surface area contributed by atoms with Gasteiger partial charge in [0.05, 0.1) is 21.9 Å². The van der Waals surface area contributed by atoms with Crippen LogP contribution in [0.15, 0.2) is 89.7 Å². The van der Waals surface area contributed by atoms with Crippen LogP contribution in [0.3, 0.4) is 0 Å². The van der Waals surface area contributed by atoms with E-state index in [1.54, 1.807) is 29.3 Å². The fourth-order valence-electron chi connectivity index (χ4n) is 4.88. The van der Waals surface area contributed by atoms with Crippen molar-refractivity contribution >= 4 is 46.1 Å². The molecule has 0 unspecified atom stereocenters. The van der Waals surface area contributed by atoms with Crippen LogP contribution in [0.2, 0.25) is 5.15 Å². The predicted molar refractivity (Wildman–Crippen MR) is 139 cm³/mol. The molecule has 0 spiro atoms. The van der Waals surface area contributed by atoms with E-state index in [0.29, 0.717) is 21.9 Å². The molecule has 0 bridgehead atoms. The molecule has 2 fully saturated rings. The Kier molecular flexibility index (Phi) is 5.52. The molecule has 0 saturated carbocycles. The van der Waals surface area contributed by atoms with E-state index in [9.17, 15) is 14.4 Å². The van der Waals surface area contributed by atoms with E-state index in [1.807, 2.05) is 67.6 Å². The van der Waals surface area contributed by atoms with Gasteiger partial charge in [-0.3, -0.25) is 23.8 Å². The van der Waals surface area contributed by atoms with Crippen LogP contribution in [0.5, 0.6) is 0 Å². The first-order valence-electron chi connectivity index (χ1n) is 11.4. The number of amides is 2. The summed E-state index contributed by atoms with van der Waals surface area (Å²) in [5.41, 5.74) is 2.60. The fourth-order valence-corrected chi connectivity index (χ4v) is 6.35. The van der Waals surface area contributed by atoms with Gasteiger partial charge in [-0.1, -0.05) is 77.5 Å². The van der Waals surface area contributed by atoms with Gasteiger partial charge in [0.15, 0.2) is 6.10 Å². The van der Waals surface area contributed by atoms with Gasteiger partial charge in [0.1, 0.15) is 17.1 Å². The number of hydrogen-bond donors (Lipinski definition) is 0. The standard InChI is InChI=1S/C27H20ClN3O4S/c1-16-10-8-9-15-19(16)30-25(32)20-21(31(35-22(20)26(30)33)18-13-6-3-7-14-18)23-24(28)29(27(34)36-23)17-11-4-2-5-12-17/h2-15,20-22H,1H3/t20-,21+,22-/m0/s1. The normalized spacial score (nSPS) is 21.3. The Morgan fingerprint density at radius 1 is 0.806 bits per heavy atom. The van der Waals surface area contributed by atoms with Crippen LogP contribution in [0.1, 0.15) is 16.5 Å². The summed E-state index contributed by atoms with van der Waals surface area (Å²) in [6.07, 6.45) is -1.04. The van der Waals surface area contributed by atoms with Gasteiger partial charge in [0.25, 0.3) is 5.91 Å². The smallest absolute Gasteiger partial charge is 0.273 e. The van der Waals surface area contributed by atoms with Crippen LogP contribution in [-0.2, 0) is 14.4 Å². The largest absolute Gasteiger partial charge is 0.313 e. The number of carbonyl (C=O) groups is 2. The molecule has 3 atom stereocenters. The lowest BCUT2D eigenvalue weighted by Crippen LogP contribution is -2.37. The van der Waals surface area contributed by atoms with Crippen molar-refractivity contribution in [2.45, 2.75) is 19.1 Å². The van der Waals surface area contributed by atoms with Gasteiger partial charge in [0.2, 0.25) is 5.91 Å². The third-order valence-corrected chi connectivity index (χ3v) is 8.04. The van der Waals surface area contributed by atoms with Crippen molar-refractivity contribution in [3.8, 4) is 5.69 Å². The molecule has 7 nitrogen and oxygen atoms in total. The molecule has 2 amide bonds. The van der Waals surface area contributed by atoms with Gasteiger partial charge in [-0.25, -0.2) is 9.96 Å².